The van der Waals surface area contributed by atoms with Crippen LogP contribution < -0.4 is 26.0 Å². The third-order valence-electron chi connectivity index (χ3n) is 14.7. The predicted octanol–water partition coefficient (Wildman–Crippen LogP) is 4.61. The number of benzene rings is 2. The van der Waals surface area contributed by atoms with E-state index < -0.39 is 11.6 Å². The molecule has 3 aromatic heterocycles. The topological polar surface area (TPSA) is 174 Å². The largest absolute Gasteiger partial charge is 0.384 e. The molecule has 8 heterocycles. The third kappa shape index (κ3) is 7.22. The van der Waals surface area contributed by atoms with Crippen LogP contribution in [0.4, 0.5) is 23.0 Å². The molecule has 1 saturated carbocycles. The van der Waals surface area contributed by atoms with Crippen LogP contribution in [0.1, 0.15) is 79.9 Å². The van der Waals surface area contributed by atoms with Gasteiger partial charge in [0.1, 0.15) is 17.0 Å². The second-order valence-electron chi connectivity index (χ2n) is 18.8. The van der Waals surface area contributed by atoms with E-state index in [-0.39, 0.29) is 29.7 Å². The van der Waals surface area contributed by atoms with Crippen LogP contribution >= 0.6 is 0 Å². The Balaban J connectivity index is 0.683. The standard InChI is InChI=1S/C48H53N11O5/c1-47(64)18-3-2-4-21-58-45(63)37-27-49-46(53-42(37)59(58)40-7-5-6-39(47)51-40)50-32-8-10-33(11-9-32)54-22-24-55(25-23-54)34-16-19-48(20-17-34)29-56(30-48)35-12-13-36-31(26-35)28-57(44(36)62)38-14-15-41(60)52-43(38)61/h2,4-13,26-27,34,38,64H,3,14-25,28-30H2,1H3,(H,49,50,53)(H,52,60,61)/b4-2-/t38?,47-/m1/s1. The summed E-state index contributed by atoms with van der Waals surface area (Å²) in [5, 5.41) is 17.3. The summed E-state index contributed by atoms with van der Waals surface area (Å²) in [6.45, 7) is 8.59. The second kappa shape index (κ2) is 15.7. The maximum atomic E-state index is 13.6. The highest BCUT2D eigenvalue weighted by Gasteiger charge is 2.47. The number of nitrogens with zero attached hydrogens (tertiary/aromatic N) is 9. The van der Waals surface area contributed by atoms with E-state index in [4.69, 9.17) is 9.97 Å². The number of aromatic nitrogens is 5. The molecule has 3 N–H and O–H groups in total. The van der Waals surface area contributed by atoms with Gasteiger partial charge in [0.15, 0.2) is 11.5 Å². The second-order valence-corrected chi connectivity index (χ2v) is 18.8. The van der Waals surface area contributed by atoms with E-state index in [1.807, 2.05) is 54.6 Å². The monoisotopic (exact) mass is 863 g/mol. The molecule has 5 aliphatic heterocycles. The van der Waals surface area contributed by atoms with Gasteiger partial charge in [-0.1, -0.05) is 18.2 Å². The van der Waals surface area contributed by atoms with Crippen molar-refractivity contribution in [2.45, 2.75) is 89.1 Å². The molecule has 5 aromatic rings. The highest BCUT2D eigenvalue weighted by Crippen LogP contribution is 2.47. The molecule has 2 aromatic carbocycles. The highest BCUT2D eigenvalue weighted by molar-refractivity contribution is 6.05. The van der Waals surface area contributed by atoms with Crippen molar-refractivity contribution in [1.29, 1.82) is 0 Å². The first kappa shape index (κ1) is 40.4. The van der Waals surface area contributed by atoms with Crippen LogP contribution in [0.3, 0.4) is 0 Å². The molecule has 6 aliphatic rings. The fourth-order valence-corrected chi connectivity index (χ4v) is 10.9. The van der Waals surface area contributed by atoms with E-state index in [2.05, 4.69) is 48.5 Å². The smallest absolute Gasteiger partial charge is 0.278 e. The fourth-order valence-electron chi connectivity index (χ4n) is 10.9. The molecule has 3 saturated heterocycles. The van der Waals surface area contributed by atoms with Crippen molar-refractivity contribution in [1.82, 2.24) is 39.4 Å². The molecule has 1 spiro atoms. The minimum atomic E-state index is -1.12. The van der Waals surface area contributed by atoms with Crippen molar-refractivity contribution in [2.24, 2.45) is 5.41 Å². The summed E-state index contributed by atoms with van der Waals surface area (Å²) in [5.41, 5.74) is 4.78. The summed E-state index contributed by atoms with van der Waals surface area (Å²) in [4.78, 5) is 74.3. The summed E-state index contributed by atoms with van der Waals surface area (Å²) in [6, 6.07) is 19.9. The molecule has 2 bridgehead atoms. The van der Waals surface area contributed by atoms with E-state index >= 15 is 0 Å². The zero-order valence-corrected chi connectivity index (χ0v) is 36.1. The predicted molar refractivity (Wildman–Crippen MR) is 242 cm³/mol. The lowest BCUT2D eigenvalue weighted by Crippen LogP contribution is -2.60. The number of imide groups is 1. The maximum absolute atomic E-state index is 13.6. The Hall–Kier alpha value is -6.39. The fraction of sp³-hybridized carbons (Fsp3) is 0.438. The van der Waals surface area contributed by atoms with Crippen LogP contribution in [0.2, 0.25) is 0 Å². The van der Waals surface area contributed by atoms with Gasteiger partial charge < -0.3 is 25.1 Å². The number of piperazine rings is 1. The van der Waals surface area contributed by atoms with Crippen molar-refractivity contribution in [3.63, 3.8) is 0 Å². The molecule has 4 fully saturated rings. The first-order valence-electron chi connectivity index (χ1n) is 22.7. The van der Waals surface area contributed by atoms with Gasteiger partial charge in [-0.25, -0.2) is 19.3 Å². The number of hydrogen-bond donors (Lipinski definition) is 3. The van der Waals surface area contributed by atoms with E-state index in [1.165, 1.54) is 31.4 Å². The number of fused-ring (bicyclic) bond motifs is 7. The van der Waals surface area contributed by atoms with Crippen LogP contribution in [-0.4, -0.2) is 108 Å². The normalized spacial score (nSPS) is 24.2. The molecular weight excluding hydrogens is 811 g/mol. The number of pyridine rings is 1. The Labute approximate surface area is 370 Å². The lowest BCUT2D eigenvalue weighted by molar-refractivity contribution is -0.136. The van der Waals surface area contributed by atoms with Crippen molar-refractivity contribution < 1.29 is 19.5 Å². The number of carbonyl (C=O) groups is 3. The number of piperidine rings is 1. The molecule has 0 radical (unpaired) electrons. The minimum Gasteiger partial charge on any atom is -0.384 e. The van der Waals surface area contributed by atoms with E-state index in [1.54, 1.807) is 27.4 Å². The molecule has 16 heteroatoms. The molecule has 330 valence electrons. The Morgan fingerprint density at radius 3 is 2.41 bits per heavy atom. The quantitative estimate of drug-likeness (QED) is 0.160. The van der Waals surface area contributed by atoms with Gasteiger partial charge in [0.2, 0.25) is 17.8 Å². The number of nitrogens with one attached hydrogen (secondary N) is 2. The number of anilines is 4. The van der Waals surface area contributed by atoms with Gasteiger partial charge in [0.25, 0.3) is 11.5 Å². The van der Waals surface area contributed by atoms with Crippen molar-refractivity contribution >= 4 is 51.8 Å². The molecule has 1 aliphatic carbocycles. The first-order valence-corrected chi connectivity index (χ1v) is 22.7. The summed E-state index contributed by atoms with van der Waals surface area (Å²) >= 11 is 0. The lowest BCUT2D eigenvalue weighted by Gasteiger charge is -2.56. The molecule has 64 heavy (non-hydrogen) atoms. The SMILES string of the molecule is C[C@@]1(O)CC/C=C\Cn2c(=O)c3cnc(Nc4ccc(N5CCN(C6CCC7(CC6)CN(c6ccc8c(c6)CN(C6CCC(=O)NC6=O)C8=O)C7)CC5)cc4)nc3n2-c2cccc1n2. The van der Waals surface area contributed by atoms with Crippen molar-refractivity contribution in [3.05, 3.63) is 106 Å². The number of hydrogen-bond acceptors (Lipinski definition) is 12. The van der Waals surface area contributed by atoms with Crippen LogP contribution in [0.5, 0.6) is 0 Å². The van der Waals surface area contributed by atoms with Crippen LogP contribution in [0, 0.1) is 5.41 Å². The van der Waals surface area contributed by atoms with Gasteiger partial charge in [-0.15, -0.1) is 0 Å². The molecule has 2 atom stereocenters. The summed E-state index contributed by atoms with van der Waals surface area (Å²) in [7, 11) is 0. The minimum absolute atomic E-state index is 0.128. The Bertz CT molecular complexity index is 2750. The number of allylic oxidation sites excluding steroid dienone is 2. The van der Waals surface area contributed by atoms with Crippen molar-refractivity contribution in [3.8, 4) is 5.82 Å². The van der Waals surface area contributed by atoms with Crippen LogP contribution in [0.15, 0.2) is 83.8 Å². The van der Waals surface area contributed by atoms with Gasteiger partial charge in [-0.05, 0) is 112 Å². The number of rotatable bonds is 6. The van der Waals surface area contributed by atoms with Crippen molar-refractivity contribution in [2.75, 3.05) is 54.4 Å². The van der Waals surface area contributed by atoms with E-state index in [0.717, 1.165) is 56.2 Å². The van der Waals surface area contributed by atoms with Gasteiger partial charge in [-0.3, -0.25) is 29.4 Å². The van der Waals surface area contributed by atoms with E-state index in [9.17, 15) is 24.3 Å². The Morgan fingerprint density at radius 1 is 0.844 bits per heavy atom. The van der Waals surface area contributed by atoms with Gasteiger partial charge >= 0.3 is 0 Å². The molecule has 11 rings (SSSR count). The average Bonchev–Trinajstić information content (AvgIpc) is 3.76. The highest BCUT2D eigenvalue weighted by atomic mass is 16.3. The molecule has 1 unspecified atom stereocenters. The number of carbonyl (C=O) groups excluding carboxylic acids is 3. The average molecular weight is 864 g/mol. The molecule has 16 nitrogen and oxygen atoms in total. The Morgan fingerprint density at radius 2 is 1.62 bits per heavy atom. The van der Waals surface area contributed by atoms with Gasteiger partial charge in [0, 0.05) is 92.5 Å². The third-order valence-corrected chi connectivity index (χ3v) is 14.7. The van der Waals surface area contributed by atoms with E-state index in [0.29, 0.717) is 77.9 Å². The zero-order valence-electron chi connectivity index (χ0n) is 36.1. The molecule has 3 amide bonds. The summed E-state index contributed by atoms with van der Waals surface area (Å²) < 4.78 is 3.33. The van der Waals surface area contributed by atoms with Crippen LogP contribution in [0.25, 0.3) is 16.9 Å². The number of amides is 3. The molecular formula is C48H53N11O5. The maximum Gasteiger partial charge on any atom is 0.278 e. The number of aliphatic hydroxyl groups is 1. The lowest BCUT2D eigenvalue weighted by atomic mass is 9.67. The Kier molecular flexibility index (Phi) is 9.91. The summed E-state index contributed by atoms with van der Waals surface area (Å²) in [6.07, 6.45) is 12.2. The van der Waals surface area contributed by atoms with Gasteiger partial charge in [0.05, 0.1) is 12.2 Å². The summed E-state index contributed by atoms with van der Waals surface area (Å²) in [5.74, 6) is 0.0932. The zero-order chi connectivity index (χ0) is 43.7. The van der Waals surface area contributed by atoms with Gasteiger partial charge in [-0.2, -0.15) is 4.98 Å². The van der Waals surface area contributed by atoms with Crippen LogP contribution in [-0.2, 0) is 28.3 Å². The first-order chi connectivity index (χ1) is 31.0.